The SMILES string of the molecule is COc1ccc(C(NC(=O)Cc2sc(C)nc2-c2cccs2)c2nccn2C)cc1. The van der Waals surface area contributed by atoms with Crippen molar-refractivity contribution in [2.75, 3.05) is 7.11 Å². The predicted molar refractivity (Wildman–Crippen MR) is 120 cm³/mol. The summed E-state index contributed by atoms with van der Waals surface area (Å²) in [6.45, 7) is 1.97. The van der Waals surface area contributed by atoms with Crippen molar-refractivity contribution in [3.05, 3.63) is 75.4 Å². The van der Waals surface area contributed by atoms with Crippen molar-refractivity contribution in [3.63, 3.8) is 0 Å². The van der Waals surface area contributed by atoms with Crippen LogP contribution in [-0.4, -0.2) is 27.6 Å². The van der Waals surface area contributed by atoms with Gasteiger partial charge in [-0.05, 0) is 36.1 Å². The molecule has 0 bridgehead atoms. The summed E-state index contributed by atoms with van der Waals surface area (Å²) in [6, 6.07) is 11.4. The van der Waals surface area contributed by atoms with Crippen LogP contribution in [0.15, 0.2) is 54.2 Å². The Bertz CT molecular complexity index is 1130. The Labute approximate surface area is 183 Å². The number of benzene rings is 1. The summed E-state index contributed by atoms with van der Waals surface area (Å²) in [5.74, 6) is 1.47. The molecule has 0 saturated carbocycles. The number of carbonyl (C=O) groups excluding carboxylic acids is 1. The van der Waals surface area contributed by atoms with Gasteiger partial charge in [0.05, 0.1) is 29.1 Å². The fraction of sp³-hybridized carbons (Fsp3) is 0.227. The molecule has 0 spiro atoms. The van der Waals surface area contributed by atoms with Crippen LogP contribution in [0.2, 0.25) is 0 Å². The number of amides is 1. The lowest BCUT2D eigenvalue weighted by Gasteiger charge is -2.19. The fourth-order valence-electron chi connectivity index (χ4n) is 3.30. The molecule has 0 aliphatic carbocycles. The number of thiophene rings is 1. The topological polar surface area (TPSA) is 69.0 Å². The normalized spacial score (nSPS) is 12.0. The smallest absolute Gasteiger partial charge is 0.226 e. The second kappa shape index (κ2) is 8.81. The van der Waals surface area contributed by atoms with E-state index < -0.39 is 0 Å². The molecule has 0 aliphatic rings. The lowest BCUT2D eigenvalue weighted by molar-refractivity contribution is -0.120. The highest BCUT2D eigenvalue weighted by atomic mass is 32.1. The number of aryl methyl sites for hydroxylation is 2. The zero-order chi connectivity index (χ0) is 21.1. The number of ether oxygens (including phenoxy) is 1. The van der Waals surface area contributed by atoms with Gasteiger partial charge in [-0.3, -0.25) is 4.79 Å². The Balaban J connectivity index is 1.59. The molecule has 6 nitrogen and oxygen atoms in total. The van der Waals surface area contributed by atoms with Gasteiger partial charge in [-0.15, -0.1) is 22.7 Å². The van der Waals surface area contributed by atoms with Gasteiger partial charge in [0.25, 0.3) is 0 Å². The maximum atomic E-state index is 13.1. The van der Waals surface area contributed by atoms with E-state index in [1.165, 1.54) is 0 Å². The summed E-state index contributed by atoms with van der Waals surface area (Å²) in [5, 5.41) is 6.14. The van der Waals surface area contributed by atoms with Gasteiger partial charge in [0, 0.05) is 24.3 Å². The van der Waals surface area contributed by atoms with Crippen molar-refractivity contribution < 1.29 is 9.53 Å². The van der Waals surface area contributed by atoms with Crippen LogP contribution in [-0.2, 0) is 18.3 Å². The Kier molecular flexibility index (Phi) is 5.96. The zero-order valence-electron chi connectivity index (χ0n) is 17.0. The first-order valence-corrected chi connectivity index (χ1v) is 11.2. The Hall–Kier alpha value is -2.97. The number of carbonyl (C=O) groups is 1. The van der Waals surface area contributed by atoms with Gasteiger partial charge in [0.1, 0.15) is 17.6 Å². The Morgan fingerprint density at radius 2 is 2.07 bits per heavy atom. The zero-order valence-corrected chi connectivity index (χ0v) is 18.6. The third-order valence-electron chi connectivity index (χ3n) is 4.75. The molecule has 1 amide bonds. The first-order chi connectivity index (χ1) is 14.5. The molecule has 0 aliphatic heterocycles. The molecule has 0 radical (unpaired) electrons. The molecule has 0 fully saturated rings. The van der Waals surface area contributed by atoms with E-state index in [0.29, 0.717) is 0 Å². The number of rotatable bonds is 7. The van der Waals surface area contributed by atoms with E-state index in [1.54, 1.807) is 36.0 Å². The van der Waals surface area contributed by atoms with Crippen molar-refractivity contribution in [2.24, 2.45) is 7.05 Å². The maximum Gasteiger partial charge on any atom is 0.226 e. The second-order valence-corrected chi connectivity index (χ2v) is 9.06. The molecular weight excluding hydrogens is 416 g/mol. The largest absolute Gasteiger partial charge is 0.497 e. The van der Waals surface area contributed by atoms with Gasteiger partial charge in [-0.1, -0.05) is 18.2 Å². The van der Waals surface area contributed by atoms with Crippen molar-refractivity contribution in [3.8, 4) is 16.3 Å². The molecule has 1 unspecified atom stereocenters. The van der Waals surface area contributed by atoms with Crippen LogP contribution in [0.4, 0.5) is 0 Å². The third-order valence-corrected chi connectivity index (χ3v) is 6.60. The molecule has 3 aromatic heterocycles. The minimum Gasteiger partial charge on any atom is -0.497 e. The monoisotopic (exact) mass is 438 g/mol. The van der Waals surface area contributed by atoms with Gasteiger partial charge >= 0.3 is 0 Å². The molecular formula is C22H22N4O2S2. The summed E-state index contributed by atoms with van der Waals surface area (Å²) in [4.78, 5) is 24.2. The first-order valence-electron chi connectivity index (χ1n) is 9.46. The first kappa shape index (κ1) is 20.3. The van der Waals surface area contributed by atoms with Crippen LogP contribution in [0.5, 0.6) is 5.75 Å². The number of thiazole rings is 1. The Morgan fingerprint density at radius 3 is 2.70 bits per heavy atom. The minimum atomic E-state index is -0.359. The van der Waals surface area contributed by atoms with E-state index in [9.17, 15) is 4.79 Å². The third kappa shape index (κ3) is 4.29. The number of aromatic nitrogens is 3. The number of nitrogens with one attached hydrogen (secondary N) is 1. The summed E-state index contributed by atoms with van der Waals surface area (Å²) in [5.41, 5.74) is 1.85. The molecule has 4 rings (SSSR count). The van der Waals surface area contributed by atoms with E-state index in [1.807, 2.05) is 66.5 Å². The molecule has 4 aromatic rings. The van der Waals surface area contributed by atoms with E-state index in [-0.39, 0.29) is 18.4 Å². The Morgan fingerprint density at radius 1 is 1.27 bits per heavy atom. The van der Waals surface area contributed by atoms with E-state index >= 15 is 0 Å². The van der Waals surface area contributed by atoms with Crippen LogP contribution in [0.3, 0.4) is 0 Å². The number of hydrogen-bond donors (Lipinski definition) is 1. The summed E-state index contributed by atoms with van der Waals surface area (Å²) >= 11 is 3.20. The van der Waals surface area contributed by atoms with Crippen LogP contribution in [0.25, 0.3) is 10.6 Å². The van der Waals surface area contributed by atoms with Crippen LogP contribution < -0.4 is 10.1 Å². The summed E-state index contributed by atoms with van der Waals surface area (Å²) in [6.07, 6.45) is 3.88. The lowest BCUT2D eigenvalue weighted by Crippen LogP contribution is -2.32. The molecule has 1 aromatic carbocycles. The quantitative estimate of drug-likeness (QED) is 0.465. The van der Waals surface area contributed by atoms with E-state index in [4.69, 9.17) is 4.74 Å². The van der Waals surface area contributed by atoms with Crippen LogP contribution >= 0.6 is 22.7 Å². The molecule has 30 heavy (non-hydrogen) atoms. The maximum absolute atomic E-state index is 13.1. The highest BCUT2D eigenvalue weighted by Gasteiger charge is 2.23. The summed E-state index contributed by atoms with van der Waals surface area (Å²) < 4.78 is 7.18. The lowest BCUT2D eigenvalue weighted by atomic mass is 10.1. The predicted octanol–water partition coefficient (Wildman–Crippen LogP) is 4.37. The van der Waals surface area contributed by atoms with Crippen LogP contribution in [0.1, 0.15) is 27.3 Å². The average Bonchev–Trinajstić information content (AvgIpc) is 3.48. The van der Waals surface area contributed by atoms with Gasteiger partial charge in [0.2, 0.25) is 5.91 Å². The van der Waals surface area contributed by atoms with E-state index in [2.05, 4.69) is 15.3 Å². The van der Waals surface area contributed by atoms with Gasteiger partial charge < -0.3 is 14.6 Å². The number of methoxy groups -OCH3 is 1. The van der Waals surface area contributed by atoms with Gasteiger partial charge in [-0.25, -0.2) is 9.97 Å². The molecule has 3 heterocycles. The molecule has 8 heteroatoms. The standard InChI is InChI=1S/C22H22N4O2S2/c1-14-24-21(17-5-4-12-29-17)18(30-14)13-19(27)25-20(22-23-10-11-26(22)2)15-6-8-16(28-3)9-7-15/h4-12,20H,13H2,1-3H3,(H,25,27). The van der Waals surface area contributed by atoms with Crippen molar-refractivity contribution >= 4 is 28.6 Å². The molecule has 0 saturated heterocycles. The fourth-order valence-corrected chi connectivity index (χ4v) is 5.06. The molecule has 1 N–H and O–H groups in total. The van der Waals surface area contributed by atoms with Crippen LogP contribution in [0, 0.1) is 6.92 Å². The molecule has 154 valence electrons. The van der Waals surface area contributed by atoms with Crippen molar-refractivity contribution in [2.45, 2.75) is 19.4 Å². The number of imidazole rings is 1. The number of hydrogen-bond acceptors (Lipinski definition) is 6. The second-order valence-electron chi connectivity index (χ2n) is 6.83. The summed E-state index contributed by atoms with van der Waals surface area (Å²) in [7, 11) is 3.56. The van der Waals surface area contributed by atoms with E-state index in [0.717, 1.165) is 37.6 Å². The van der Waals surface area contributed by atoms with Gasteiger partial charge in [0.15, 0.2) is 0 Å². The minimum absolute atomic E-state index is 0.0692. The molecule has 1 atom stereocenters. The van der Waals surface area contributed by atoms with Crippen molar-refractivity contribution in [1.29, 1.82) is 0 Å². The average molecular weight is 439 g/mol. The van der Waals surface area contributed by atoms with Gasteiger partial charge in [-0.2, -0.15) is 0 Å². The van der Waals surface area contributed by atoms with Crippen molar-refractivity contribution in [1.82, 2.24) is 19.9 Å². The number of nitrogens with zero attached hydrogens (tertiary/aromatic N) is 3. The highest BCUT2D eigenvalue weighted by Crippen LogP contribution is 2.32. The highest BCUT2D eigenvalue weighted by molar-refractivity contribution is 7.15.